The van der Waals surface area contributed by atoms with E-state index < -0.39 is 6.17 Å². The summed E-state index contributed by atoms with van der Waals surface area (Å²) in [6.07, 6.45) is -0.407. The number of nitrogens with zero attached hydrogens (tertiary/aromatic N) is 3. The Morgan fingerprint density at radius 2 is 1.68 bits per heavy atom. The molecule has 2 aliphatic heterocycles. The lowest BCUT2D eigenvalue weighted by Gasteiger charge is -2.32. The summed E-state index contributed by atoms with van der Waals surface area (Å²) in [5.74, 6) is 1.58. The van der Waals surface area contributed by atoms with Crippen LogP contribution in [-0.4, -0.2) is 18.4 Å². The largest absolute Gasteiger partial charge is 0.454 e. The van der Waals surface area contributed by atoms with Crippen LogP contribution in [0.1, 0.15) is 18.7 Å². The van der Waals surface area contributed by atoms with Gasteiger partial charge < -0.3 is 9.47 Å². The minimum atomic E-state index is -0.407. The molecule has 3 aromatic rings. The number of Topliss-reactive ketones (excluding diaryl/α,β-unsaturated/α-hetero) is 1. The highest BCUT2D eigenvalue weighted by Gasteiger charge is 2.39. The van der Waals surface area contributed by atoms with Crippen LogP contribution in [-0.2, 0) is 4.79 Å². The molecular weight excluding hydrogens is 482 g/mol. The molecule has 156 valence electrons. The molecule has 0 radical (unpaired) electrons. The summed E-state index contributed by atoms with van der Waals surface area (Å²) in [6.45, 7) is 1.71. The summed E-state index contributed by atoms with van der Waals surface area (Å²) in [4.78, 5) is 14.5. The van der Waals surface area contributed by atoms with Gasteiger partial charge in [-0.1, -0.05) is 33.6 Å². The molecule has 0 fully saturated rings. The van der Waals surface area contributed by atoms with Crippen molar-refractivity contribution < 1.29 is 14.3 Å². The van der Waals surface area contributed by atoms with E-state index in [2.05, 4.69) is 15.9 Å². The van der Waals surface area contributed by atoms with Crippen LogP contribution in [0.25, 0.3) is 0 Å². The average Bonchev–Trinajstić information content (AvgIpc) is 3.39. The fourth-order valence-electron chi connectivity index (χ4n) is 3.69. The van der Waals surface area contributed by atoms with Crippen molar-refractivity contribution in [3.8, 4) is 11.5 Å². The van der Waals surface area contributed by atoms with Crippen LogP contribution in [0.5, 0.6) is 11.5 Å². The van der Waals surface area contributed by atoms with Crippen molar-refractivity contribution in [3.05, 3.63) is 81.8 Å². The molecule has 2 aliphatic rings. The predicted octanol–water partition coefficient (Wildman–Crippen LogP) is 5.76. The van der Waals surface area contributed by atoms with Crippen molar-refractivity contribution in [2.75, 3.05) is 16.7 Å². The first-order chi connectivity index (χ1) is 15.0. The normalized spacial score (nSPS) is 17.1. The molecule has 0 aromatic heterocycles. The number of amidine groups is 1. The molecule has 6 nitrogen and oxygen atoms in total. The molecule has 0 bridgehead atoms. The maximum Gasteiger partial charge on any atom is 0.231 e. The number of carbonyl (C=O) groups is 1. The molecule has 0 spiro atoms. The van der Waals surface area contributed by atoms with Gasteiger partial charge in [-0.15, -0.1) is 5.10 Å². The van der Waals surface area contributed by atoms with Gasteiger partial charge in [0.1, 0.15) is 0 Å². The first kappa shape index (κ1) is 19.9. The summed E-state index contributed by atoms with van der Waals surface area (Å²) in [7, 11) is 0. The zero-order valence-corrected chi connectivity index (χ0v) is 18.8. The van der Waals surface area contributed by atoms with E-state index in [0.717, 1.165) is 21.4 Å². The van der Waals surface area contributed by atoms with Crippen molar-refractivity contribution in [2.45, 2.75) is 13.1 Å². The molecule has 0 saturated carbocycles. The molecule has 1 unspecified atom stereocenters. The van der Waals surface area contributed by atoms with Gasteiger partial charge in [0.2, 0.25) is 6.79 Å². The lowest BCUT2D eigenvalue weighted by molar-refractivity contribution is -0.111. The molecule has 0 aliphatic carbocycles. The number of halogens is 2. The van der Waals surface area contributed by atoms with Gasteiger partial charge in [0.05, 0.1) is 5.69 Å². The zero-order valence-electron chi connectivity index (χ0n) is 16.5. The van der Waals surface area contributed by atoms with E-state index in [1.54, 1.807) is 12.1 Å². The Kier molecular flexibility index (Phi) is 5.08. The number of anilines is 2. The number of fused-ring (bicyclic) bond motifs is 1. The van der Waals surface area contributed by atoms with Crippen molar-refractivity contribution in [3.63, 3.8) is 0 Å². The first-order valence-corrected chi connectivity index (χ1v) is 10.8. The van der Waals surface area contributed by atoms with Gasteiger partial charge in [-0.05, 0) is 60.7 Å². The topological polar surface area (TPSA) is 54.4 Å². The molecule has 0 saturated heterocycles. The molecule has 8 heteroatoms. The van der Waals surface area contributed by atoms with E-state index >= 15 is 0 Å². The number of ether oxygens (including phenoxy) is 2. The summed E-state index contributed by atoms with van der Waals surface area (Å²) < 4.78 is 12.0. The van der Waals surface area contributed by atoms with Gasteiger partial charge in [-0.2, -0.15) is 0 Å². The average molecular weight is 499 g/mol. The summed E-state index contributed by atoms with van der Waals surface area (Å²) in [5.41, 5.74) is 2.56. The standard InChI is InChI=1S/C23H17BrClN3O3/c1-14(29)22-26-28(19-9-5-17(25)6-10-19)23(27(22)18-7-3-16(24)4-8-18)15-2-11-20-21(12-15)31-13-30-20/h2-12,23H,13H2,1H3. The van der Waals surface area contributed by atoms with Crippen molar-refractivity contribution in [1.29, 1.82) is 0 Å². The minimum Gasteiger partial charge on any atom is -0.454 e. The molecule has 0 amide bonds. The number of ketones is 1. The lowest BCUT2D eigenvalue weighted by Crippen LogP contribution is -2.37. The Hall–Kier alpha value is -3.03. The zero-order chi connectivity index (χ0) is 21.5. The van der Waals surface area contributed by atoms with E-state index in [-0.39, 0.29) is 12.6 Å². The van der Waals surface area contributed by atoms with Gasteiger partial charge in [0.25, 0.3) is 0 Å². The fraction of sp³-hybridized carbons (Fsp3) is 0.130. The van der Waals surface area contributed by atoms with Crippen LogP contribution in [0.2, 0.25) is 5.02 Å². The summed E-state index contributed by atoms with van der Waals surface area (Å²) in [6, 6.07) is 20.9. The number of hydrazone groups is 1. The predicted molar refractivity (Wildman–Crippen MR) is 124 cm³/mol. The summed E-state index contributed by atoms with van der Waals surface area (Å²) in [5, 5.41) is 7.17. The number of hydrogen-bond acceptors (Lipinski definition) is 6. The second-order valence-corrected chi connectivity index (χ2v) is 8.49. The van der Waals surface area contributed by atoms with Crippen LogP contribution in [0, 0.1) is 0 Å². The Labute approximate surface area is 192 Å². The number of rotatable bonds is 4. The third-order valence-corrected chi connectivity index (χ3v) is 5.89. The lowest BCUT2D eigenvalue weighted by atomic mass is 10.1. The van der Waals surface area contributed by atoms with E-state index in [1.165, 1.54) is 6.92 Å². The van der Waals surface area contributed by atoms with Crippen LogP contribution >= 0.6 is 27.5 Å². The third kappa shape index (κ3) is 3.64. The van der Waals surface area contributed by atoms with Gasteiger partial charge in [0, 0.05) is 27.7 Å². The van der Waals surface area contributed by atoms with Crippen molar-refractivity contribution >= 4 is 50.5 Å². The molecule has 5 rings (SSSR count). The highest BCUT2D eigenvalue weighted by atomic mass is 79.9. The Morgan fingerprint density at radius 1 is 1.00 bits per heavy atom. The van der Waals surface area contributed by atoms with Crippen molar-refractivity contribution in [2.24, 2.45) is 5.10 Å². The van der Waals surface area contributed by atoms with Gasteiger partial charge >= 0.3 is 0 Å². The maximum absolute atomic E-state index is 12.6. The first-order valence-electron chi connectivity index (χ1n) is 9.60. The Bertz CT molecular complexity index is 1180. The Balaban J connectivity index is 1.68. The highest BCUT2D eigenvalue weighted by molar-refractivity contribution is 9.10. The number of carbonyl (C=O) groups excluding carboxylic acids is 1. The second-order valence-electron chi connectivity index (χ2n) is 7.13. The monoisotopic (exact) mass is 497 g/mol. The number of hydrogen-bond donors (Lipinski definition) is 0. The Morgan fingerprint density at radius 3 is 2.39 bits per heavy atom. The van der Waals surface area contributed by atoms with E-state index in [1.807, 2.05) is 64.5 Å². The van der Waals surface area contributed by atoms with Crippen LogP contribution < -0.4 is 19.4 Å². The quantitative estimate of drug-likeness (QED) is 0.458. The van der Waals surface area contributed by atoms with E-state index in [0.29, 0.717) is 22.4 Å². The highest BCUT2D eigenvalue weighted by Crippen LogP contribution is 2.42. The van der Waals surface area contributed by atoms with Crippen LogP contribution in [0.15, 0.2) is 76.3 Å². The van der Waals surface area contributed by atoms with E-state index in [9.17, 15) is 4.79 Å². The van der Waals surface area contributed by atoms with Crippen LogP contribution in [0.4, 0.5) is 11.4 Å². The number of benzene rings is 3. The second kappa shape index (κ2) is 7.90. The molecule has 2 heterocycles. The van der Waals surface area contributed by atoms with Crippen LogP contribution in [0.3, 0.4) is 0 Å². The maximum atomic E-state index is 12.6. The van der Waals surface area contributed by atoms with Gasteiger partial charge in [-0.3, -0.25) is 9.69 Å². The molecule has 1 atom stereocenters. The minimum absolute atomic E-state index is 0.134. The molecule has 31 heavy (non-hydrogen) atoms. The summed E-state index contributed by atoms with van der Waals surface area (Å²) >= 11 is 9.58. The van der Waals surface area contributed by atoms with E-state index in [4.69, 9.17) is 26.2 Å². The molecule has 3 aromatic carbocycles. The van der Waals surface area contributed by atoms with Crippen molar-refractivity contribution in [1.82, 2.24) is 0 Å². The third-order valence-electron chi connectivity index (χ3n) is 5.11. The molecule has 0 N–H and O–H groups in total. The fourth-order valence-corrected chi connectivity index (χ4v) is 4.08. The smallest absolute Gasteiger partial charge is 0.231 e. The molecular formula is C23H17BrClN3O3. The van der Waals surface area contributed by atoms with Gasteiger partial charge in [0.15, 0.2) is 29.3 Å². The van der Waals surface area contributed by atoms with Gasteiger partial charge in [-0.25, -0.2) is 5.01 Å². The SMILES string of the molecule is CC(=O)C1=NN(c2ccc(Cl)cc2)C(c2ccc3c(c2)OCO3)N1c1ccc(Br)cc1.